The molecule has 2 saturated heterocycles. The number of carboxylic acids is 3. The molecule has 2 amide bonds. The van der Waals surface area contributed by atoms with E-state index in [1.807, 2.05) is 103 Å². The highest BCUT2D eigenvalue weighted by molar-refractivity contribution is 7.13. The van der Waals surface area contributed by atoms with Crippen molar-refractivity contribution in [1.82, 2.24) is 19.8 Å². The van der Waals surface area contributed by atoms with Gasteiger partial charge in [0.25, 0.3) is 0 Å². The van der Waals surface area contributed by atoms with Crippen molar-refractivity contribution in [2.75, 3.05) is 13.1 Å². The monoisotopic (exact) mass is 1240 g/mol. The van der Waals surface area contributed by atoms with E-state index in [2.05, 4.69) is 22.1 Å². The first-order valence-corrected chi connectivity index (χ1v) is 32.8. The molecule has 480 valence electrons. The molecule has 20 heteroatoms. The van der Waals surface area contributed by atoms with Gasteiger partial charge in [-0.25, -0.2) is 9.97 Å². The van der Waals surface area contributed by atoms with Crippen LogP contribution in [0, 0.1) is 30.6 Å². The van der Waals surface area contributed by atoms with Crippen molar-refractivity contribution >= 4 is 69.7 Å². The number of Topliss-reactive ketones (excluding diaryl/α,β-unsaturated/α-hetero) is 3. The molecule has 4 heterocycles. The number of aliphatic hydroxyl groups is 2. The van der Waals surface area contributed by atoms with E-state index in [4.69, 9.17) is 21.1 Å². The van der Waals surface area contributed by atoms with Crippen molar-refractivity contribution in [1.29, 1.82) is 0 Å². The van der Waals surface area contributed by atoms with Crippen LogP contribution in [0.3, 0.4) is 0 Å². The molecular formula is C67H97N5O13S2. The van der Waals surface area contributed by atoms with Gasteiger partial charge < -0.3 is 41.1 Å². The molecule has 0 aliphatic carbocycles. The summed E-state index contributed by atoms with van der Waals surface area (Å²) in [6.45, 7) is 15.8. The lowest BCUT2D eigenvalue weighted by Gasteiger charge is -2.34. The van der Waals surface area contributed by atoms with Gasteiger partial charge in [-0.1, -0.05) is 141 Å². The number of nitrogens with two attached hydrogens (primary N) is 1. The molecule has 2 aliphatic rings. The third-order valence-electron chi connectivity index (χ3n) is 16.2. The summed E-state index contributed by atoms with van der Waals surface area (Å²) in [5.41, 5.74) is 15.2. The average Bonchev–Trinajstić information content (AvgIpc) is 2.22. The molecule has 2 fully saturated rings. The Balaban J connectivity index is 0.000000317. The molecule has 7 N–H and O–H groups in total. The van der Waals surface area contributed by atoms with Crippen molar-refractivity contribution in [2.24, 2.45) is 22.5 Å². The maximum atomic E-state index is 13.8. The van der Waals surface area contributed by atoms with Gasteiger partial charge in [-0.2, -0.15) is 0 Å². The van der Waals surface area contributed by atoms with E-state index >= 15 is 0 Å². The number of hydrogen-bond donors (Lipinski definition) is 6. The lowest BCUT2D eigenvalue weighted by atomic mass is 9.76. The minimum atomic E-state index is -0.767. The SMILES string of the molecule is Cc1ncsc1-c1ccc(CCC(=O)[C@@H]2C[C@@H](O)CN2C(=O)[C@@H](CC(=O)CCCCCCCCC(=O)O)C(C)(C)C)cc1.Cc1ncsc1-c1ccc(CCC(=O)[C@@H]2C[C@@H](O)CN2C(=O)[C@@H](N)C(C)(C)C)cc1.O=C(O)CCCCCCCCC(=O)O. The number of nitrogens with zero attached hydrogens (tertiary/aromatic N) is 4. The van der Waals surface area contributed by atoms with Crippen LogP contribution in [0.5, 0.6) is 0 Å². The Labute approximate surface area is 522 Å². The minimum absolute atomic E-state index is 0.0246. The Morgan fingerprint density at radius 2 is 0.862 bits per heavy atom. The third-order valence-corrected chi connectivity index (χ3v) is 18.2. The molecule has 2 aromatic heterocycles. The predicted molar refractivity (Wildman–Crippen MR) is 340 cm³/mol. The summed E-state index contributed by atoms with van der Waals surface area (Å²) in [4.78, 5) is 111. The predicted octanol–water partition coefficient (Wildman–Crippen LogP) is 11.6. The van der Waals surface area contributed by atoms with E-state index in [9.17, 15) is 48.6 Å². The molecule has 2 aliphatic heterocycles. The van der Waals surface area contributed by atoms with Crippen LogP contribution in [0.1, 0.15) is 199 Å². The smallest absolute Gasteiger partial charge is 0.303 e. The molecule has 2 aromatic carbocycles. The topological polar surface area (TPSA) is 296 Å². The summed E-state index contributed by atoms with van der Waals surface area (Å²) in [5.74, 6) is -3.35. The maximum Gasteiger partial charge on any atom is 0.303 e. The Bertz CT molecular complexity index is 2820. The fourth-order valence-electron chi connectivity index (χ4n) is 10.8. The zero-order valence-corrected chi connectivity index (χ0v) is 54.2. The third kappa shape index (κ3) is 25.5. The van der Waals surface area contributed by atoms with E-state index in [1.54, 1.807) is 22.7 Å². The van der Waals surface area contributed by atoms with Crippen molar-refractivity contribution in [2.45, 2.75) is 233 Å². The number of carbonyl (C=O) groups is 8. The summed E-state index contributed by atoms with van der Waals surface area (Å²) in [7, 11) is 0. The number of hydrogen-bond acceptors (Lipinski definition) is 15. The molecule has 0 radical (unpaired) electrons. The zero-order chi connectivity index (χ0) is 64.4. The van der Waals surface area contributed by atoms with Crippen LogP contribution in [0.25, 0.3) is 20.9 Å². The zero-order valence-electron chi connectivity index (χ0n) is 52.6. The van der Waals surface area contributed by atoms with Gasteiger partial charge in [0.05, 0.1) is 62.5 Å². The maximum absolute atomic E-state index is 13.8. The lowest BCUT2D eigenvalue weighted by molar-refractivity contribution is -0.146. The molecule has 18 nitrogen and oxygen atoms in total. The summed E-state index contributed by atoms with van der Waals surface area (Å²) in [6.07, 6.45) is 12.5. The van der Waals surface area contributed by atoms with E-state index in [-0.39, 0.29) is 87.2 Å². The molecule has 0 unspecified atom stereocenters. The number of aromatic nitrogens is 2. The number of rotatable bonds is 32. The first-order valence-electron chi connectivity index (χ1n) is 31.0. The number of aryl methyl sites for hydroxylation is 4. The van der Waals surface area contributed by atoms with Crippen LogP contribution >= 0.6 is 22.7 Å². The van der Waals surface area contributed by atoms with Gasteiger partial charge in [-0.15, -0.1) is 22.7 Å². The second-order valence-corrected chi connectivity index (χ2v) is 27.3. The van der Waals surface area contributed by atoms with Crippen molar-refractivity contribution < 1.29 is 63.9 Å². The van der Waals surface area contributed by atoms with Crippen molar-refractivity contribution in [3.8, 4) is 20.9 Å². The van der Waals surface area contributed by atoms with Gasteiger partial charge >= 0.3 is 17.9 Å². The Hall–Kier alpha value is -6.06. The average molecular weight is 1240 g/mol. The fraction of sp³-hybridized carbons (Fsp3) is 0.612. The molecule has 6 rings (SSSR count). The van der Waals surface area contributed by atoms with Crippen molar-refractivity contribution in [3.63, 3.8) is 0 Å². The number of carbonyl (C=O) groups excluding carboxylic acids is 5. The highest BCUT2D eigenvalue weighted by atomic mass is 32.1. The first-order chi connectivity index (χ1) is 41.1. The highest BCUT2D eigenvalue weighted by Crippen LogP contribution is 2.35. The second kappa shape index (κ2) is 36.4. The van der Waals surface area contributed by atoms with Crippen LogP contribution in [-0.2, 0) is 51.2 Å². The molecule has 0 saturated carbocycles. The number of carboxylic acid groups (broad SMARTS) is 3. The molecular weight excluding hydrogens is 1150 g/mol. The lowest BCUT2D eigenvalue weighted by Crippen LogP contribution is -2.53. The fourth-order valence-corrected chi connectivity index (χ4v) is 12.4. The van der Waals surface area contributed by atoms with Crippen molar-refractivity contribution in [3.05, 3.63) is 82.1 Å². The number of amides is 2. The van der Waals surface area contributed by atoms with Gasteiger partial charge in [0.2, 0.25) is 11.8 Å². The van der Waals surface area contributed by atoms with Crippen LogP contribution in [0.15, 0.2) is 59.6 Å². The van der Waals surface area contributed by atoms with E-state index in [0.29, 0.717) is 32.1 Å². The quantitative estimate of drug-likeness (QED) is 0.0248. The number of ketones is 3. The van der Waals surface area contributed by atoms with Gasteiger partial charge in [0.15, 0.2) is 11.6 Å². The minimum Gasteiger partial charge on any atom is -0.481 e. The molecule has 0 bridgehead atoms. The van der Waals surface area contributed by atoms with E-state index in [1.165, 1.54) is 9.80 Å². The van der Waals surface area contributed by atoms with Crippen LogP contribution in [-0.4, -0.2) is 136 Å². The summed E-state index contributed by atoms with van der Waals surface area (Å²) < 4.78 is 0. The highest BCUT2D eigenvalue weighted by Gasteiger charge is 2.45. The van der Waals surface area contributed by atoms with Gasteiger partial charge in [0.1, 0.15) is 5.78 Å². The molecule has 87 heavy (non-hydrogen) atoms. The summed E-state index contributed by atoms with van der Waals surface area (Å²) >= 11 is 3.21. The first kappa shape index (κ1) is 73.4. The van der Waals surface area contributed by atoms with Gasteiger partial charge in [-0.3, -0.25) is 38.4 Å². The number of aliphatic hydroxyl groups excluding tert-OH is 2. The van der Waals surface area contributed by atoms with E-state index < -0.39 is 65.0 Å². The normalized spacial score (nSPS) is 17.4. The van der Waals surface area contributed by atoms with E-state index in [0.717, 1.165) is 114 Å². The Kier molecular flexibility index (Phi) is 30.7. The standard InChI is InChI=1S/C34H48N2O6S.C23H31N3O3S.C10H18O4/c1-23-32(43-22-35-23)25-16-13-24(14-17-25)15-18-30(39)29-20-27(38)21-36(29)33(42)28(34(2,3)4)19-26(37)11-9-7-5-6-8-10-12-31(40)41;1-14-20(30-13-25-14)16-8-5-15(6-9-16)7-10-19(28)18-11-17(27)12-26(18)22(29)21(24)23(2,3)4;11-9(12)7-5-3-1-2-4-6-8-10(13)14/h13-14,16-17,22,27-29,38H,5-12,15,18-21H2,1-4H3,(H,40,41);5-6,8-9,13,17-18,21,27H,7,10-12,24H2,1-4H3;1-8H2,(H,11,12)(H,13,14)/t27-,28-,29+;17-,18+,21-;/m11./s1. The van der Waals surface area contributed by atoms with Crippen LogP contribution < -0.4 is 5.73 Å². The second-order valence-electron chi connectivity index (χ2n) is 25.6. The molecule has 6 atom stereocenters. The van der Waals surface area contributed by atoms with Gasteiger partial charge in [0, 0.05) is 76.8 Å². The van der Waals surface area contributed by atoms with Gasteiger partial charge in [-0.05, 0) is 85.5 Å². The summed E-state index contributed by atoms with van der Waals surface area (Å²) in [6, 6.07) is 14.3. The Morgan fingerprint density at radius 3 is 1.18 bits per heavy atom. The Morgan fingerprint density at radius 1 is 0.517 bits per heavy atom. The number of likely N-dealkylation sites (tertiary alicyclic amines) is 2. The number of unbranched alkanes of at least 4 members (excludes halogenated alkanes) is 10. The number of β-amino-alcohol motifs (C(OH)–C–C–N with tert-alkyl or cyclic N) is 2. The number of thiazole rings is 2. The molecule has 0 spiro atoms. The molecule has 4 aromatic rings. The largest absolute Gasteiger partial charge is 0.481 e. The number of benzene rings is 2. The van der Waals surface area contributed by atoms with Crippen LogP contribution in [0.4, 0.5) is 0 Å². The number of aliphatic carboxylic acids is 3. The summed E-state index contributed by atoms with van der Waals surface area (Å²) in [5, 5.41) is 46.0. The van der Waals surface area contributed by atoms with Crippen LogP contribution in [0.2, 0.25) is 0 Å².